The lowest BCUT2D eigenvalue weighted by Crippen LogP contribution is -2.45. The van der Waals surface area contributed by atoms with Crippen molar-refractivity contribution in [3.63, 3.8) is 0 Å². The minimum Gasteiger partial charge on any atom is -0.466 e. The van der Waals surface area contributed by atoms with Crippen molar-refractivity contribution in [3.05, 3.63) is 0 Å². The molecule has 4 N–H and O–H groups in total. The van der Waals surface area contributed by atoms with Gasteiger partial charge in [0, 0.05) is 0 Å². The van der Waals surface area contributed by atoms with Gasteiger partial charge in [-0.05, 0) is 32.2 Å². The fraction of sp³-hybridized carbons (Fsp3) is 0.900. The summed E-state index contributed by atoms with van der Waals surface area (Å²) in [4.78, 5) is 11.5. The number of ether oxygens (including phenoxy) is 1. The average Bonchev–Trinajstić information content (AvgIpc) is 2.21. The molecule has 1 saturated carbocycles. The van der Waals surface area contributed by atoms with Crippen molar-refractivity contribution in [2.24, 2.45) is 17.6 Å². The average molecular weight is 217 g/mol. The predicted octanol–water partition coefficient (Wildman–Crippen LogP) is -0.744. The summed E-state index contributed by atoms with van der Waals surface area (Å²) in [6, 6.07) is 0. The van der Waals surface area contributed by atoms with E-state index in [1.807, 2.05) is 0 Å². The third kappa shape index (κ3) is 2.90. The fourth-order valence-electron chi connectivity index (χ4n) is 2.04. The zero-order valence-electron chi connectivity index (χ0n) is 8.93. The second-order valence-corrected chi connectivity index (χ2v) is 3.96. The van der Waals surface area contributed by atoms with Crippen molar-refractivity contribution in [2.75, 3.05) is 13.2 Å². The Bertz CT molecular complexity index is 221. The molecule has 0 saturated heterocycles. The van der Waals surface area contributed by atoms with E-state index in [0.717, 1.165) is 0 Å². The Hall–Kier alpha value is -0.650. The quantitative estimate of drug-likeness (QED) is 0.541. The highest BCUT2D eigenvalue weighted by Gasteiger charge is 2.39. The highest BCUT2D eigenvalue weighted by Crippen LogP contribution is 2.30. The number of rotatable bonds is 3. The van der Waals surface area contributed by atoms with Crippen LogP contribution < -0.4 is 5.73 Å². The van der Waals surface area contributed by atoms with Gasteiger partial charge in [0.05, 0.1) is 24.7 Å². The standard InChI is InChI=1S/C10H19NO4/c1-2-15-10(14)7-4-9(13)8(12)3-6(7)5-11/h6-9,12-13H,2-5,11H2,1H3/t6-,7-,8+,9-/m1/s1. The van der Waals surface area contributed by atoms with Gasteiger partial charge in [-0.3, -0.25) is 4.79 Å². The van der Waals surface area contributed by atoms with Crippen molar-refractivity contribution < 1.29 is 19.7 Å². The molecule has 0 unspecified atom stereocenters. The van der Waals surface area contributed by atoms with E-state index in [-0.39, 0.29) is 24.2 Å². The maximum atomic E-state index is 11.5. The summed E-state index contributed by atoms with van der Waals surface area (Å²) in [6.45, 7) is 2.39. The molecule has 5 heteroatoms. The molecule has 5 nitrogen and oxygen atoms in total. The molecular weight excluding hydrogens is 198 g/mol. The fourth-order valence-corrected chi connectivity index (χ4v) is 2.04. The summed E-state index contributed by atoms with van der Waals surface area (Å²) in [6.07, 6.45) is -1.02. The molecule has 1 fully saturated rings. The van der Waals surface area contributed by atoms with Gasteiger partial charge >= 0.3 is 5.97 Å². The number of carbonyl (C=O) groups excluding carboxylic acids is 1. The number of hydrogen-bond acceptors (Lipinski definition) is 5. The van der Waals surface area contributed by atoms with Crippen molar-refractivity contribution in [1.82, 2.24) is 0 Å². The summed E-state index contributed by atoms with van der Waals surface area (Å²) in [5, 5.41) is 18.9. The molecule has 88 valence electrons. The molecule has 1 aliphatic carbocycles. The molecule has 4 atom stereocenters. The van der Waals surface area contributed by atoms with Crippen LogP contribution in [0.2, 0.25) is 0 Å². The Morgan fingerprint density at radius 2 is 2.00 bits per heavy atom. The highest BCUT2D eigenvalue weighted by atomic mass is 16.5. The lowest BCUT2D eigenvalue weighted by molar-refractivity contribution is -0.156. The topological polar surface area (TPSA) is 92.8 Å². The Morgan fingerprint density at radius 1 is 1.40 bits per heavy atom. The van der Waals surface area contributed by atoms with E-state index < -0.39 is 12.2 Å². The number of esters is 1. The minimum atomic E-state index is -0.845. The normalized spacial score (nSPS) is 36.3. The van der Waals surface area contributed by atoms with E-state index in [1.54, 1.807) is 6.92 Å². The Labute approximate surface area is 89.2 Å². The van der Waals surface area contributed by atoms with E-state index >= 15 is 0 Å². The zero-order valence-corrected chi connectivity index (χ0v) is 8.93. The van der Waals surface area contributed by atoms with Gasteiger partial charge in [-0.15, -0.1) is 0 Å². The molecule has 0 radical (unpaired) electrons. The van der Waals surface area contributed by atoms with Gasteiger partial charge in [0.2, 0.25) is 0 Å². The molecule has 0 bridgehead atoms. The summed E-state index contributed by atoms with van der Waals surface area (Å²) in [5.74, 6) is -0.797. The minimum absolute atomic E-state index is 0.0950. The van der Waals surface area contributed by atoms with Crippen molar-refractivity contribution in [2.45, 2.75) is 32.0 Å². The van der Waals surface area contributed by atoms with Crippen LogP contribution in [0.25, 0.3) is 0 Å². The van der Waals surface area contributed by atoms with E-state index in [0.29, 0.717) is 19.6 Å². The van der Waals surface area contributed by atoms with E-state index in [1.165, 1.54) is 0 Å². The molecule has 0 aromatic rings. The molecule has 0 spiro atoms. The molecule has 0 aromatic carbocycles. The zero-order chi connectivity index (χ0) is 11.4. The smallest absolute Gasteiger partial charge is 0.309 e. The SMILES string of the molecule is CCOC(=O)[C@@H]1C[C@@H](O)[C@@H](O)C[C@@H]1CN. The third-order valence-electron chi connectivity index (χ3n) is 2.94. The van der Waals surface area contributed by atoms with Crippen molar-refractivity contribution in [3.8, 4) is 0 Å². The molecule has 1 rings (SSSR count). The maximum Gasteiger partial charge on any atom is 0.309 e. The Morgan fingerprint density at radius 3 is 2.53 bits per heavy atom. The number of nitrogens with two attached hydrogens (primary N) is 1. The lowest BCUT2D eigenvalue weighted by atomic mass is 9.76. The van der Waals surface area contributed by atoms with Crippen molar-refractivity contribution in [1.29, 1.82) is 0 Å². The molecule has 0 aromatic heterocycles. The first-order valence-corrected chi connectivity index (χ1v) is 5.33. The molecule has 15 heavy (non-hydrogen) atoms. The van der Waals surface area contributed by atoms with Gasteiger partial charge in [-0.1, -0.05) is 0 Å². The van der Waals surface area contributed by atoms with Gasteiger partial charge in [-0.2, -0.15) is 0 Å². The van der Waals surface area contributed by atoms with Crippen LogP contribution in [-0.2, 0) is 9.53 Å². The van der Waals surface area contributed by atoms with Crippen molar-refractivity contribution >= 4 is 5.97 Å². The summed E-state index contributed by atoms with van der Waals surface area (Å²) >= 11 is 0. The summed E-state index contributed by atoms with van der Waals surface area (Å²) in [5.41, 5.74) is 5.53. The van der Waals surface area contributed by atoms with Gasteiger partial charge in [0.1, 0.15) is 0 Å². The number of hydrogen-bond donors (Lipinski definition) is 3. The maximum absolute atomic E-state index is 11.5. The molecule has 0 aliphatic heterocycles. The number of carbonyl (C=O) groups is 1. The van der Waals surface area contributed by atoms with Crippen LogP contribution >= 0.6 is 0 Å². The van der Waals surface area contributed by atoms with Gasteiger partial charge in [0.15, 0.2) is 0 Å². The van der Waals surface area contributed by atoms with Crippen LogP contribution in [0.1, 0.15) is 19.8 Å². The van der Waals surface area contributed by atoms with Crippen LogP contribution in [0, 0.1) is 11.8 Å². The van der Waals surface area contributed by atoms with E-state index in [2.05, 4.69) is 0 Å². The van der Waals surface area contributed by atoms with E-state index in [9.17, 15) is 15.0 Å². The van der Waals surface area contributed by atoms with Crippen LogP contribution in [0.4, 0.5) is 0 Å². The van der Waals surface area contributed by atoms with Crippen LogP contribution in [-0.4, -0.2) is 41.5 Å². The molecular formula is C10H19NO4. The second-order valence-electron chi connectivity index (χ2n) is 3.96. The molecule has 1 aliphatic rings. The van der Waals surface area contributed by atoms with Gasteiger partial charge in [-0.25, -0.2) is 0 Å². The Balaban J connectivity index is 2.64. The monoisotopic (exact) mass is 217 g/mol. The Kier molecular flexibility index (Phi) is 4.50. The molecule has 0 amide bonds. The summed E-state index contributed by atoms with van der Waals surface area (Å²) < 4.78 is 4.91. The third-order valence-corrected chi connectivity index (χ3v) is 2.94. The highest BCUT2D eigenvalue weighted by molar-refractivity contribution is 5.73. The first kappa shape index (κ1) is 12.4. The first-order valence-electron chi connectivity index (χ1n) is 5.33. The first-order chi connectivity index (χ1) is 7.10. The lowest BCUT2D eigenvalue weighted by Gasteiger charge is -2.35. The van der Waals surface area contributed by atoms with Crippen LogP contribution in [0.3, 0.4) is 0 Å². The predicted molar refractivity (Wildman–Crippen MR) is 53.9 cm³/mol. The van der Waals surface area contributed by atoms with E-state index in [4.69, 9.17) is 10.5 Å². The second kappa shape index (κ2) is 5.44. The van der Waals surface area contributed by atoms with Gasteiger partial charge < -0.3 is 20.7 Å². The number of aliphatic hydroxyl groups is 2. The largest absolute Gasteiger partial charge is 0.466 e. The van der Waals surface area contributed by atoms with Crippen LogP contribution in [0.5, 0.6) is 0 Å². The summed E-state index contributed by atoms with van der Waals surface area (Å²) in [7, 11) is 0. The number of aliphatic hydroxyl groups excluding tert-OH is 2. The van der Waals surface area contributed by atoms with Crippen LogP contribution in [0.15, 0.2) is 0 Å². The van der Waals surface area contributed by atoms with Gasteiger partial charge in [0.25, 0.3) is 0 Å². The molecule has 0 heterocycles.